The van der Waals surface area contributed by atoms with Crippen LogP contribution in [0.3, 0.4) is 0 Å². The molecule has 4 aliphatic rings. The molecule has 1 aliphatic carbocycles. The number of nitrogens with zero attached hydrogens (tertiary/aromatic N) is 7. The molecule has 3 fully saturated rings. The van der Waals surface area contributed by atoms with Crippen LogP contribution in [0.5, 0.6) is 5.75 Å². The molecular weight excluding hydrogens is 996 g/mol. The molecule has 7 aromatic rings. The molecule has 1 saturated carbocycles. The number of halogens is 3. The van der Waals surface area contributed by atoms with Crippen molar-refractivity contribution in [1.82, 2.24) is 30.0 Å². The van der Waals surface area contributed by atoms with Gasteiger partial charge in [0.1, 0.15) is 17.6 Å². The number of carboxylic acids is 1. The minimum atomic E-state index is -4.42. The number of benzene rings is 4. The zero-order valence-corrected chi connectivity index (χ0v) is 43.1. The molecule has 0 radical (unpaired) electrons. The van der Waals surface area contributed by atoms with Gasteiger partial charge in [-0.3, -0.25) is 34.6 Å². The Kier molecular flexibility index (Phi) is 14.0. The fourth-order valence-corrected chi connectivity index (χ4v) is 12.6. The Morgan fingerprint density at radius 1 is 0.882 bits per heavy atom. The van der Waals surface area contributed by atoms with Crippen LogP contribution in [0.25, 0.3) is 32.2 Å². The summed E-state index contributed by atoms with van der Waals surface area (Å²) in [5, 5.41) is 21.8. The third-order valence-electron chi connectivity index (χ3n) is 15.8. The number of carboxylic acid groups (broad SMARTS) is 1. The predicted octanol–water partition coefficient (Wildman–Crippen LogP) is 10.1. The number of imide groups is 1. The highest BCUT2D eigenvalue weighted by Crippen LogP contribution is 2.39. The van der Waals surface area contributed by atoms with Gasteiger partial charge in [0.15, 0.2) is 10.8 Å². The first-order valence-electron chi connectivity index (χ1n) is 26.0. The van der Waals surface area contributed by atoms with E-state index in [2.05, 4.69) is 20.7 Å². The van der Waals surface area contributed by atoms with E-state index < -0.39 is 24.1 Å². The topological polar surface area (TPSA) is 175 Å². The molecule has 0 spiro atoms. The number of carbonyl (C=O) groups is 4. The van der Waals surface area contributed by atoms with Crippen molar-refractivity contribution in [2.75, 3.05) is 47.8 Å². The summed E-state index contributed by atoms with van der Waals surface area (Å²) in [5.41, 5.74) is 7.09. The Morgan fingerprint density at radius 2 is 1.70 bits per heavy atom. The molecule has 0 bridgehead atoms. The average Bonchev–Trinajstić information content (AvgIpc) is 3.99. The normalized spacial score (nSPS) is 20.4. The maximum Gasteiger partial charge on any atom is 0.405 e. The lowest BCUT2D eigenvalue weighted by atomic mass is 9.84. The van der Waals surface area contributed by atoms with Crippen molar-refractivity contribution in [3.8, 4) is 16.9 Å². The molecule has 3 aliphatic heterocycles. The standard InChI is InChI=1S/C57H58F3N9O6S/c1-33-38(39-21-23-49(62-52(39)55(73)74)69-27-25-35-9-5-11-40(43(35)31-69)53(71)64-56-61-44-12-3-4-14-47(44)76-56)10-6-13-46(33)75-37-18-15-34(16-19-37)8-7-26-67-28-29-68(32-48(67)57(58,59)60)36-17-20-41-45(30-36)66(2)65-51(41)42-22-24-50(70)63-54(42)72/h3-6,9-14,17,20-21,23,30,34,37,42,48H,7-8,15-16,18-19,22,24-29,31-32H2,1-2H3,(H,73,74)(H,61,64,71)(H,63,70,72)/t34?,37?,42?,48-/m0/s1. The number of piperidine rings is 1. The Bertz CT molecular complexity index is 3360. The Morgan fingerprint density at radius 3 is 2.49 bits per heavy atom. The van der Waals surface area contributed by atoms with Crippen LogP contribution < -0.4 is 25.2 Å². The molecule has 3 amide bonds. The number of aryl methyl sites for hydroxylation is 1. The van der Waals surface area contributed by atoms with E-state index in [1.54, 1.807) is 39.7 Å². The van der Waals surface area contributed by atoms with Gasteiger partial charge in [0, 0.05) is 68.4 Å². The quantitative estimate of drug-likeness (QED) is 0.0934. The molecule has 1 unspecified atom stereocenters. The van der Waals surface area contributed by atoms with Crippen molar-refractivity contribution in [2.45, 2.75) is 95.5 Å². The number of amides is 3. The highest BCUT2D eigenvalue weighted by molar-refractivity contribution is 7.22. The molecule has 11 rings (SSSR count). The first kappa shape index (κ1) is 50.8. The van der Waals surface area contributed by atoms with E-state index >= 15 is 0 Å². The highest BCUT2D eigenvalue weighted by atomic mass is 32.1. The van der Waals surface area contributed by atoms with E-state index in [-0.39, 0.29) is 49.0 Å². The number of hydrogen-bond acceptors (Lipinski definition) is 12. The second kappa shape index (κ2) is 21.0. The zero-order chi connectivity index (χ0) is 52.8. The van der Waals surface area contributed by atoms with E-state index in [9.17, 15) is 37.5 Å². The maximum atomic E-state index is 14.7. The number of piperazine rings is 1. The molecule has 6 heterocycles. The average molecular weight is 1050 g/mol. The minimum absolute atomic E-state index is 0.0583. The molecule has 76 heavy (non-hydrogen) atoms. The number of thiazole rings is 1. The summed E-state index contributed by atoms with van der Waals surface area (Å²) in [6, 6.07) is 26.5. The van der Waals surface area contributed by atoms with Crippen molar-refractivity contribution in [3.63, 3.8) is 0 Å². The molecular formula is C57H58F3N9O6S. The molecule has 2 atom stereocenters. The van der Waals surface area contributed by atoms with Crippen LogP contribution in [0.4, 0.5) is 29.8 Å². The number of rotatable bonds is 13. The number of anilines is 3. The number of pyridine rings is 1. The smallest absolute Gasteiger partial charge is 0.405 e. The van der Waals surface area contributed by atoms with Gasteiger partial charge >= 0.3 is 12.1 Å². The van der Waals surface area contributed by atoms with Gasteiger partial charge in [-0.1, -0.05) is 47.7 Å². The van der Waals surface area contributed by atoms with Crippen molar-refractivity contribution in [3.05, 3.63) is 125 Å². The summed E-state index contributed by atoms with van der Waals surface area (Å²) in [7, 11) is 1.75. The van der Waals surface area contributed by atoms with Gasteiger partial charge in [-0.2, -0.15) is 18.3 Å². The Balaban J connectivity index is 0.688. The van der Waals surface area contributed by atoms with E-state index in [1.807, 2.05) is 84.6 Å². The molecule has 394 valence electrons. The monoisotopic (exact) mass is 1050 g/mol. The minimum Gasteiger partial charge on any atom is -0.490 e. The number of para-hydroxylation sites is 1. The lowest BCUT2D eigenvalue weighted by Crippen LogP contribution is -2.59. The first-order valence-corrected chi connectivity index (χ1v) is 26.9. The van der Waals surface area contributed by atoms with Crippen molar-refractivity contribution in [2.24, 2.45) is 13.0 Å². The highest BCUT2D eigenvalue weighted by Gasteiger charge is 2.46. The van der Waals surface area contributed by atoms with Crippen LogP contribution in [0.2, 0.25) is 0 Å². The van der Waals surface area contributed by atoms with Gasteiger partial charge in [0.25, 0.3) is 5.91 Å². The molecule has 3 N–H and O–H groups in total. The molecule has 15 nitrogen and oxygen atoms in total. The summed E-state index contributed by atoms with van der Waals surface area (Å²) in [4.78, 5) is 65.6. The number of aromatic carboxylic acids is 1. The molecule has 3 aromatic heterocycles. The largest absolute Gasteiger partial charge is 0.490 e. The van der Waals surface area contributed by atoms with Gasteiger partial charge in [-0.15, -0.1) is 0 Å². The third-order valence-corrected chi connectivity index (χ3v) is 16.8. The van der Waals surface area contributed by atoms with Gasteiger partial charge in [-0.05, 0) is 148 Å². The van der Waals surface area contributed by atoms with Crippen LogP contribution in [-0.2, 0) is 29.6 Å². The van der Waals surface area contributed by atoms with E-state index in [4.69, 9.17) is 9.72 Å². The number of hydrogen-bond donors (Lipinski definition) is 3. The van der Waals surface area contributed by atoms with Crippen molar-refractivity contribution in [1.29, 1.82) is 0 Å². The van der Waals surface area contributed by atoms with Gasteiger partial charge in [0.05, 0.1) is 33.4 Å². The van der Waals surface area contributed by atoms with Gasteiger partial charge < -0.3 is 19.6 Å². The third kappa shape index (κ3) is 10.3. The SMILES string of the molecule is Cc1c(OC2CCC(CCCN3CCN(c4ccc5c(C6CCC(=O)NC6=O)nn(C)c5c4)C[C@H]3C(F)(F)F)CC2)cccc1-c1ccc(N2CCc3cccc(C(=O)Nc4nc5ccccc5s4)c3C2)nc1C(=O)O. The summed E-state index contributed by atoms with van der Waals surface area (Å²) in [6.45, 7) is 3.75. The van der Waals surface area contributed by atoms with Crippen LogP contribution in [0, 0.1) is 12.8 Å². The van der Waals surface area contributed by atoms with Crippen LogP contribution >= 0.6 is 11.3 Å². The number of carbonyl (C=O) groups excluding carboxylic acids is 3. The van der Waals surface area contributed by atoms with E-state index in [0.717, 1.165) is 64.4 Å². The fraction of sp³-hybridized carbons (Fsp3) is 0.386. The second-order valence-corrected chi connectivity index (χ2v) is 21.5. The summed E-state index contributed by atoms with van der Waals surface area (Å²) in [6.07, 6.45) is 1.62. The van der Waals surface area contributed by atoms with Gasteiger partial charge in [0.2, 0.25) is 11.8 Å². The van der Waals surface area contributed by atoms with Crippen LogP contribution in [0.15, 0.2) is 91.0 Å². The van der Waals surface area contributed by atoms with Crippen LogP contribution in [-0.4, -0.2) is 104 Å². The number of ether oxygens (including phenoxy) is 1. The number of aromatic nitrogens is 4. The molecule has 2 saturated heterocycles. The Labute approximate surface area is 441 Å². The second-order valence-electron chi connectivity index (χ2n) is 20.5. The molecule has 4 aromatic carbocycles. The number of nitrogens with one attached hydrogen (secondary N) is 2. The van der Waals surface area contributed by atoms with E-state index in [0.29, 0.717) is 102 Å². The van der Waals surface area contributed by atoms with E-state index in [1.165, 1.54) is 11.3 Å². The van der Waals surface area contributed by atoms with Crippen LogP contribution in [0.1, 0.15) is 101 Å². The summed E-state index contributed by atoms with van der Waals surface area (Å²) in [5.74, 6) is -1.15. The lowest BCUT2D eigenvalue weighted by Gasteiger charge is -2.43. The first-order chi connectivity index (χ1) is 36.6. The maximum absolute atomic E-state index is 14.7. The molecule has 19 heteroatoms. The van der Waals surface area contributed by atoms with Gasteiger partial charge in [-0.25, -0.2) is 14.8 Å². The van der Waals surface area contributed by atoms with Crippen molar-refractivity contribution >= 4 is 72.8 Å². The number of fused-ring (bicyclic) bond motifs is 3. The predicted molar refractivity (Wildman–Crippen MR) is 285 cm³/mol. The number of alkyl halides is 3. The summed E-state index contributed by atoms with van der Waals surface area (Å²) < 4.78 is 53.4. The fourth-order valence-electron chi connectivity index (χ4n) is 11.7. The Hall–Kier alpha value is -7.38. The lowest BCUT2D eigenvalue weighted by molar-refractivity contribution is -0.184. The zero-order valence-electron chi connectivity index (χ0n) is 42.2. The van der Waals surface area contributed by atoms with Crippen molar-refractivity contribution < 1.29 is 42.2 Å². The summed E-state index contributed by atoms with van der Waals surface area (Å²) >= 11 is 1.41.